The number of thiocarbonyl (C=S) groups is 1. The zero-order valence-corrected chi connectivity index (χ0v) is 10.7. The lowest BCUT2D eigenvalue weighted by atomic mass is 10.1. The lowest BCUT2D eigenvalue weighted by molar-refractivity contribution is -0.122. The van der Waals surface area contributed by atoms with Crippen molar-refractivity contribution in [2.75, 3.05) is 6.54 Å². The number of carbonyl (C=O) groups is 2. The molecule has 0 aromatic heterocycles. The van der Waals surface area contributed by atoms with E-state index in [9.17, 15) is 9.59 Å². The van der Waals surface area contributed by atoms with E-state index in [-0.39, 0.29) is 35.2 Å². The summed E-state index contributed by atoms with van der Waals surface area (Å²) in [6, 6.07) is 0. The molecule has 0 rings (SSSR count). The molecule has 0 radical (unpaired) electrons. The molecule has 6 heteroatoms. The van der Waals surface area contributed by atoms with Gasteiger partial charge in [-0.15, -0.1) is 0 Å². The van der Waals surface area contributed by atoms with Crippen LogP contribution >= 0.6 is 12.2 Å². The van der Waals surface area contributed by atoms with Crippen molar-refractivity contribution in [2.45, 2.75) is 39.2 Å². The van der Waals surface area contributed by atoms with Gasteiger partial charge in [0.25, 0.3) is 0 Å². The first kappa shape index (κ1) is 14.8. The van der Waals surface area contributed by atoms with Gasteiger partial charge < -0.3 is 16.4 Å². The first-order valence-electron chi connectivity index (χ1n) is 5.07. The summed E-state index contributed by atoms with van der Waals surface area (Å²) >= 11 is 4.58. The molecule has 0 aliphatic rings. The van der Waals surface area contributed by atoms with Crippen molar-refractivity contribution in [1.82, 2.24) is 10.6 Å². The van der Waals surface area contributed by atoms with Crippen molar-refractivity contribution < 1.29 is 9.59 Å². The van der Waals surface area contributed by atoms with Gasteiger partial charge in [0.1, 0.15) is 0 Å². The molecule has 2 amide bonds. The SMILES string of the molecule is CC(C)(C)NC(=O)CCNC(=O)CC(N)=S. The van der Waals surface area contributed by atoms with Crippen LogP contribution in [-0.2, 0) is 9.59 Å². The molecule has 5 nitrogen and oxygen atoms in total. The summed E-state index contributed by atoms with van der Waals surface area (Å²) < 4.78 is 0. The third-order valence-corrected chi connectivity index (χ3v) is 1.67. The van der Waals surface area contributed by atoms with Gasteiger partial charge in [0.2, 0.25) is 11.8 Å². The van der Waals surface area contributed by atoms with Crippen LogP contribution in [0, 0.1) is 0 Å². The zero-order valence-electron chi connectivity index (χ0n) is 9.92. The van der Waals surface area contributed by atoms with Crippen LogP contribution in [0.25, 0.3) is 0 Å². The van der Waals surface area contributed by atoms with Gasteiger partial charge >= 0.3 is 0 Å². The van der Waals surface area contributed by atoms with Crippen molar-refractivity contribution >= 4 is 29.0 Å². The maximum atomic E-state index is 11.3. The highest BCUT2D eigenvalue weighted by molar-refractivity contribution is 7.80. The maximum Gasteiger partial charge on any atom is 0.226 e. The Morgan fingerprint density at radius 2 is 1.81 bits per heavy atom. The zero-order chi connectivity index (χ0) is 12.8. The second-order valence-electron chi connectivity index (χ2n) is 4.54. The highest BCUT2D eigenvalue weighted by Gasteiger charge is 2.13. The monoisotopic (exact) mass is 245 g/mol. The molecule has 0 fully saturated rings. The molecule has 0 aromatic carbocycles. The Kier molecular flexibility index (Phi) is 5.95. The Morgan fingerprint density at radius 1 is 1.25 bits per heavy atom. The largest absolute Gasteiger partial charge is 0.393 e. The highest BCUT2D eigenvalue weighted by atomic mass is 32.1. The van der Waals surface area contributed by atoms with Crippen LogP contribution in [0.1, 0.15) is 33.6 Å². The van der Waals surface area contributed by atoms with Crippen molar-refractivity contribution in [3.63, 3.8) is 0 Å². The highest BCUT2D eigenvalue weighted by Crippen LogP contribution is 1.98. The van der Waals surface area contributed by atoms with E-state index in [1.807, 2.05) is 20.8 Å². The summed E-state index contributed by atoms with van der Waals surface area (Å²) in [5.41, 5.74) is 4.95. The predicted molar refractivity (Wildman–Crippen MR) is 66.9 cm³/mol. The van der Waals surface area contributed by atoms with Crippen LogP contribution in [0.4, 0.5) is 0 Å². The summed E-state index contributed by atoms with van der Waals surface area (Å²) in [4.78, 5) is 22.6. The normalized spacial score (nSPS) is 10.7. The van der Waals surface area contributed by atoms with Crippen LogP contribution < -0.4 is 16.4 Å². The van der Waals surface area contributed by atoms with Gasteiger partial charge in [0.15, 0.2) is 0 Å². The molecule has 0 aliphatic carbocycles. The lowest BCUT2D eigenvalue weighted by Gasteiger charge is -2.20. The Balaban J connectivity index is 3.70. The average Bonchev–Trinajstić information content (AvgIpc) is 1.98. The quantitative estimate of drug-likeness (QED) is 0.599. The van der Waals surface area contributed by atoms with E-state index >= 15 is 0 Å². The minimum Gasteiger partial charge on any atom is -0.393 e. The molecule has 16 heavy (non-hydrogen) atoms. The molecule has 0 bridgehead atoms. The predicted octanol–water partition coefficient (Wildman–Crippen LogP) is 0.0836. The number of rotatable bonds is 5. The first-order valence-corrected chi connectivity index (χ1v) is 5.47. The van der Waals surface area contributed by atoms with E-state index in [4.69, 9.17) is 5.73 Å². The molecule has 0 saturated heterocycles. The third kappa shape index (κ3) is 9.39. The molecular formula is C10H19N3O2S. The van der Waals surface area contributed by atoms with Gasteiger partial charge in [0.05, 0.1) is 11.4 Å². The Bertz CT molecular complexity index is 284. The molecule has 4 N–H and O–H groups in total. The Labute approximate surface area is 101 Å². The van der Waals surface area contributed by atoms with Gasteiger partial charge in [0, 0.05) is 18.5 Å². The molecule has 0 unspecified atom stereocenters. The van der Waals surface area contributed by atoms with Gasteiger partial charge in [-0.2, -0.15) is 0 Å². The maximum absolute atomic E-state index is 11.3. The average molecular weight is 245 g/mol. The van der Waals surface area contributed by atoms with Gasteiger partial charge in [-0.05, 0) is 20.8 Å². The number of hydrogen-bond acceptors (Lipinski definition) is 3. The number of carbonyl (C=O) groups excluding carboxylic acids is 2. The molecule has 0 atom stereocenters. The third-order valence-electron chi connectivity index (χ3n) is 1.52. The minimum absolute atomic E-state index is 0.0240. The van der Waals surface area contributed by atoms with Crippen LogP contribution in [0.3, 0.4) is 0 Å². The molecule has 0 saturated carbocycles. The minimum atomic E-state index is -0.254. The van der Waals surface area contributed by atoms with E-state index in [1.54, 1.807) is 0 Å². The van der Waals surface area contributed by atoms with Crippen LogP contribution in [0.2, 0.25) is 0 Å². The fraction of sp³-hybridized carbons (Fsp3) is 0.700. The molecule has 92 valence electrons. The molecular weight excluding hydrogens is 226 g/mol. The second-order valence-corrected chi connectivity index (χ2v) is 5.07. The van der Waals surface area contributed by atoms with E-state index < -0.39 is 0 Å². The molecule has 0 heterocycles. The summed E-state index contributed by atoms with van der Waals surface area (Å²) in [5.74, 6) is -0.348. The number of nitrogens with two attached hydrogens (primary N) is 1. The van der Waals surface area contributed by atoms with Crippen molar-refractivity contribution in [3.8, 4) is 0 Å². The van der Waals surface area contributed by atoms with Gasteiger partial charge in [-0.3, -0.25) is 9.59 Å². The van der Waals surface area contributed by atoms with Crippen molar-refractivity contribution in [1.29, 1.82) is 0 Å². The van der Waals surface area contributed by atoms with Crippen LogP contribution in [0.5, 0.6) is 0 Å². The first-order chi connectivity index (χ1) is 7.20. The second kappa shape index (κ2) is 6.42. The number of amides is 2. The van der Waals surface area contributed by atoms with Gasteiger partial charge in [-0.1, -0.05) is 12.2 Å². The fourth-order valence-corrected chi connectivity index (χ4v) is 1.15. The molecule has 0 spiro atoms. The lowest BCUT2D eigenvalue weighted by Crippen LogP contribution is -2.42. The van der Waals surface area contributed by atoms with E-state index in [1.165, 1.54) is 0 Å². The Morgan fingerprint density at radius 3 is 2.25 bits per heavy atom. The smallest absolute Gasteiger partial charge is 0.226 e. The molecule has 0 aliphatic heterocycles. The summed E-state index contributed by atoms with van der Waals surface area (Å²) in [6.07, 6.45) is 0.274. The molecule has 0 aromatic rings. The summed E-state index contributed by atoms with van der Waals surface area (Å²) in [7, 11) is 0. The van der Waals surface area contributed by atoms with E-state index in [0.29, 0.717) is 6.54 Å². The van der Waals surface area contributed by atoms with Crippen molar-refractivity contribution in [2.24, 2.45) is 5.73 Å². The van der Waals surface area contributed by atoms with Crippen molar-refractivity contribution in [3.05, 3.63) is 0 Å². The van der Waals surface area contributed by atoms with E-state index in [0.717, 1.165) is 0 Å². The summed E-state index contributed by atoms with van der Waals surface area (Å²) in [5, 5.41) is 5.36. The topological polar surface area (TPSA) is 84.2 Å². The summed E-state index contributed by atoms with van der Waals surface area (Å²) in [6.45, 7) is 5.99. The van der Waals surface area contributed by atoms with Gasteiger partial charge in [-0.25, -0.2) is 0 Å². The van der Waals surface area contributed by atoms with E-state index in [2.05, 4.69) is 22.9 Å². The van der Waals surface area contributed by atoms with Crippen LogP contribution in [0.15, 0.2) is 0 Å². The fourth-order valence-electron chi connectivity index (χ4n) is 1.02. The van der Waals surface area contributed by atoms with Crippen LogP contribution in [-0.4, -0.2) is 28.9 Å². The Hall–Kier alpha value is -1.17. The number of hydrogen-bond donors (Lipinski definition) is 3. The standard InChI is InChI=1S/C10H19N3O2S/c1-10(2,3)13-8(14)4-5-12-9(15)6-7(11)16/h4-6H2,1-3H3,(H2,11,16)(H,12,15)(H,13,14). The number of nitrogens with one attached hydrogen (secondary N) is 2.